The highest BCUT2D eigenvalue weighted by molar-refractivity contribution is 7.22. The van der Waals surface area contributed by atoms with Crippen LogP contribution in [0.1, 0.15) is 31.2 Å². The highest BCUT2D eigenvalue weighted by atomic mass is 32.1. The van der Waals surface area contributed by atoms with Gasteiger partial charge in [-0.25, -0.2) is 15.0 Å². The van der Waals surface area contributed by atoms with Crippen LogP contribution in [0.25, 0.3) is 21.4 Å². The number of imidazole rings is 1. The van der Waals surface area contributed by atoms with Crippen molar-refractivity contribution in [3.05, 3.63) is 48.4 Å². The summed E-state index contributed by atoms with van der Waals surface area (Å²) in [6, 6.07) is 10.6. The molecule has 3 aromatic heterocycles. The molecule has 4 aromatic rings. The van der Waals surface area contributed by atoms with Gasteiger partial charge in [-0.2, -0.15) is 0 Å². The Bertz CT molecular complexity index is 1100. The van der Waals surface area contributed by atoms with Crippen LogP contribution in [0, 0.1) is 5.92 Å². The van der Waals surface area contributed by atoms with Gasteiger partial charge in [-0.3, -0.25) is 0 Å². The third-order valence-electron chi connectivity index (χ3n) is 5.63. The van der Waals surface area contributed by atoms with Gasteiger partial charge in [0.25, 0.3) is 0 Å². The van der Waals surface area contributed by atoms with Crippen molar-refractivity contribution in [2.24, 2.45) is 5.92 Å². The maximum atomic E-state index is 9.64. The Labute approximate surface area is 167 Å². The summed E-state index contributed by atoms with van der Waals surface area (Å²) in [6.45, 7) is 0.985. The molecule has 0 saturated heterocycles. The number of aliphatic hydroxyl groups excluding tert-OH is 1. The summed E-state index contributed by atoms with van der Waals surface area (Å²) in [7, 11) is 0. The minimum absolute atomic E-state index is 0.250. The average molecular weight is 394 g/mol. The fourth-order valence-electron chi connectivity index (χ4n) is 4.11. The van der Waals surface area contributed by atoms with Crippen molar-refractivity contribution in [3.8, 4) is 0 Å². The second kappa shape index (κ2) is 7.48. The van der Waals surface area contributed by atoms with Crippen LogP contribution in [0.5, 0.6) is 0 Å². The molecule has 1 saturated carbocycles. The van der Waals surface area contributed by atoms with E-state index in [1.54, 1.807) is 17.5 Å². The number of hydrogen-bond donors (Lipinski definition) is 2. The lowest BCUT2D eigenvalue weighted by Crippen LogP contribution is -2.34. The SMILES string of the molecule is OCC1CCCCC1Nc1nc2ccc(Cn3cnc4cccnc43)cc2s1. The Hall–Kier alpha value is -2.51. The van der Waals surface area contributed by atoms with E-state index in [0.717, 1.165) is 41.2 Å². The summed E-state index contributed by atoms with van der Waals surface area (Å²) in [5.74, 6) is 0.332. The second-order valence-corrected chi connectivity index (χ2v) is 8.55. The standard InChI is InChI=1S/C21H23N5OS/c27-12-15-4-1-2-5-16(15)24-21-25-17-8-7-14(10-19(17)28-21)11-26-13-23-18-6-3-9-22-20(18)26/h3,6-10,13,15-16,27H,1-2,4-5,11-12H2,(H,24,25). The average Bonchev–Trinajstić information content (AvgIpc) is 3.32. The van der Waals surface area contributed by atoms with Gasteiger partial charge in [0.2, 0.25) is 0 Å². The van der Waals surface area contributed by atoms with Gasteiger partial charge in [0.1, 0.15) is 5.52 Å². The fourth-order valence-corrected chi connectivity index (χ4v) is 5.10. The molecule has 0 radical (unpaired) electrons. The smallest absolute Gasteiger partial charge is 0.184 e. The van der Waals surface area contributed by atoms with E-state index in [9.17, 15) is 5.11 Å². The molecule has 0 bridgehead atoms. The molecule has 6 nitrogen and oxygen atoms in total. The molecule has 0 amide bonds. The lowest BCUT2D eigenvalue weighted by atomic mass is 9.85. The zero-order valence-corrected chi connectivity index (χ0v) is 16.4. The molecular weight excluding hydrogens is 370 g/mol. The molecule has 1 aliphatic rings. The van der Waals surface area contributed by atoms with Crippen LogP contribution < -0.4 is 5.32 Å². The Kier molecular flexibility index (Phi) is 4.70. The molecule has 7 heteroatoms. The van der Waals surface area contributed by atoms with Gasteiger partial charge in [-0.1, -0.05) is 30.2 Å². The number of hydrogen-bond acceptors (Lipinski definition) is 6. The van der Waals surface area contributed by atoms with Crippen molar-refractivity contribution >= 4 is 37.8 Å². The molecule has 5 rings (SSSR count). The minimum atomic E-state index is 0.250. The number of nitrogens with zero attached hydrogens (tertiary/aromatic N) is 4. The second-order valence-electron chi connectivity index (χ2n) is 7.52. The monoisotopic (exact) mass is 393 g/mol. The van der Waals surface area contributed by atoms with Crippen molar-refractivity contribution in [3.63, 3.8) is 0 Å². The fraction of sp³-hybridized carbons (Fsp3) is 0.381. The third-order valence-corrected chi connectivity index (χ3v) is 6.58. The van der Waals surface area contributed by atoms with E-state index in [4.69, 9.17) is 4.98 Å². The van der Waals surface area contributed by atoms with Gasteiger partial charge in [-0.05, 0) is 42.7 Å². The first-order valence-electron chi connectivity index (χ1n) is 9.83. The summed E-state index contributed by atoms with van der Waals surface area (Å²) >= 11 is 1.69. The van der Waals surface area contributed by atoms with Crippen LogP contribution in [-0.4, -0.2) is 37.3 Å². The number of benzene rings is 1. The van der Waals surface area contributed by atoms with E-state index < -0.39 is 0 Å². The maximum absolute atomic E-state index is 9.64. The van der Waals surface area contributed by atoms with E-state index in [1.165, 1.54) is 23.1 Å². The summed E-state index contributed by atoms with van der Waals surface area (Å²) in [6.07, 6.45) is 8.28. The predicted molar refractivity (Wildman–Crippen MR) is 113 cm³/mol. The van der Waals surface area contributed by atoms with Crippen molar-refractivity contribution in [1.29, 1.82) is 0 Å². The molecule has 144 valence electrons. The van der Waals surface area contributed by atoms with Gasteiger partial charge < -0.3 is 15.0 Å². The molecule has 3 heterocycles. The highest BCUT2D eigenvalue weighted by Crippen LogP contribution is 2.31. The first kappa shape index (κ1) is 17.6. The normalized spacial score (nSPS) is 20.0. The Morgan fingerprint density at radius 3 is 3.00 bits per heavy atom. The summed E-state index contributed by atoms with van der Waals surface area (Å²) < 4.78 is 3.25. The van der Waals surface area contributed by atoms with Crippen LogP contribution in [0.3, 0.4) is 0 Å². The van der Waals surface area contributed by atoms with E-state index in [0.29, 0.717) is 12.0 Å². The lowest BCUT2D eigenvalue weighted by molar-refractivity contribution is 0.178. The topological polar surface area (TPSA) is 75.9 Å². The van der Waals surface area contributed by atoms with Crippen molar-refractivity contribution in [1.82, 2.24) is 19.5 Å². The molecular formula is C21H23N5OS. The Balaban J connectivity index is 1.37. The highest BCUT2D eigenvalue weighted by Gasteiger charge is 2.25. The summed E-state index contributed by atoms with van der Waals surface area (Å²) in [5, 5.41) is 14.2. The van der Waals surface area contributed by atoms with E-state index in [2.05, 4.69) is 38.1 Å². The number of anilines is 1. The summed E-state index contributed by atoms with van der Waals surface area (Å²) in [4.78, 5) is 13.6. The zero-order chi connectivity index (χ0) is 18.9. The predicted octanol–water partition coefficient (Wildman–Crippen LogP) is 4.05. The van der Waals surface area contributed by atoms with Crippen molar-refractivity contribution < 1.29 is 5.11 Å². The van der Waals surface area contributed by atoms with E-state index >= 15 is 0 Å². The number of aromatic nitrogens is 4. The quantitative estimate of drug-likeness (QED) is 0.535. The molecule has 2 N–H and O–H groups in total. The Morgan fingerprint density at radius 2 is 2.07 bits per heavy atom. The Morgan fingerprint density at radius 1 is 1.14 bits per heavy atom. The van der Waals surface area contributed by atoms with E-state index in [-0.39, 0.29) is 6.61 Å². The lowest BCUT2D eigenvalue weighted by Gasteiger charge is -2.30. The minimum Gasteiger partial charge on any atom is -0.396 e. The zero-order valence-electron chi connectivity index (χ0n) is 15.6. The van der Waals surface area contributed by atoms with E-state index in [1.807, 2.05) is 18.5 Å². The van der Waals surface area contributed by atoms with Gasteiger partial charge >= 0.3 is 0 Å². The number of fused-ring (bicyclic) bond motifs is 2. The number of pyridine rings is 1. The maximum Gasteiger partial charge on any atom is 0.184 e. The van der Waals surface area contributed by atoms with Gasteiger partial charge in [0.15, 0.2) is 10.8 Å². The first-order valence-corrected chi connectivity index (χ1v) is 10.6. The summed E-state index contributed by atoms with van der Waals surface area (Å²) in [5.41, 5.74) is 4.04. The number of nitrogens with one attached hydrogen (secondary N) is 1. The van der Waals surface area contributed by atoms with Crippen LogP contribution >= 0.6 is 11.3 Å². The number of aliphatic hydroxyl groups is 1. The van der Waals surface area contributed by atoms with Gasteiger partial charge in [-0.15, -0.1) is 0 Å². The van der Waals surface area contributed by atoms with Crippen LogP contribution in [0.15, 0.2) is 42.9 Å². The number of rotatable bonds is 5. The van der Waals surface area contributed by atoms with Crippen LogP contribution in [0.4, 0.5) is 5.13 Å². The molecule has 2 atom stereocenters. The molecule has 0 spiro atoms. The third kappa shape index (κ3) is 3.36. The van der Waals surface area contributed by atoms with Crippen LogP contribution in [-0.2, 0) is 6.54 Å². The molecule has 28 heavy (non-hydrogen) atoms. The molecule has 1 aliphatic carbocycles. The first-order chi connectivity index (χ1) is 13.8. The molecule has 0 aliphatic heterocycles. The van der Waals surface area contributed by atoms with Crippen molar-refractivity contribution in [2.75, 3.05) is 11.9 Å². The molecule has 1 aromatic carbocycles. The van der Waals surface area contributed by atoms with Gasteiger partial charge in [0.05, 0.1) is 23.1 Å². The largest absolute Gasteiger partial charge is 0.396 e. The molecule has 2 unspecified atom stereocenters. The van der Waals surface area contributed by atoms with Crippen LogP contribution in [0.2, 0.25) is 0 Å². The van der Waals surface area contributed by atoms with Gasteiger partial charge in [0, 0.05) is 24.8 Å². The van der Waals surface area contributed by atoms with Crippen molar-refractivity contribution in [2.45, 2.75) is 38.3 Å². The number of thiazole rings is 1. The molecule has 1 fully saturated rings.